The number of aliphatic carboxylic acids is 1. The second-order valence-corrected chi connectivity index (χ2v) is 5.51. The zero-order chi connectivity index (χ0) is 15.7. The molecule has 0 aliphatic heterocycles. The van der Waals surface area contributed by atoms with Gasteiger partial charge in [-0.2, -0.15) is 0 Å². The molecule has 1 saturated carbocycles. The van der Waals surface area contributed by atoms with Crippen molar-refractivity contribution in [2.75, 3.05) is 13.1 Å². The van der Waals surface area contributed by atoms with Gasteiger partial charge >= 0.3 is 12.0 Å². The molecule has 3 amide bonds. The summed E-state index contributed by atoms with van der Waals surface area (Å²) in [6.45, 7) is 2.55. The van der Waals surface area contributed by atoms with Crippen LogP contribution in [0.25, 0.3) is 0 Å². The second-order valence-electron chi connectivity index (χ2n) is 5.51. The highest BCUT2D eigenvalue weighted by Gasteiger charge is 2.22. The molecule has 0 bridgehead atoms. The van der Waals surface area contributed by atoms with Crippen molar-refractivity contribution in [1.82, 2.24) is 16.0 Å². The van der Waals surface area contributed by atoms with Crippen molar-refractivity contribution >= 4 is 17.9 Å². The van der Waals surface area contributed by atoms with Crippen LogP contribution in [0.2, 0.25) is 0 Å². The maximum atomic E-state index is 11.4. The van der Waals surface area contributed by atoms with Crippen molar-refractivity contribution < 1.29 is 19.5 Å². The number of carboxylic acids is 1. The molecule has 1 unspecified atom stereocenters. The molecule has 1 aliphatic rings. The fraction of sp³-hybridized carbons (Fsp3) is 0.786. The van der Waals surface area contributed by atoms with Gasteiger partial charge in [0.15, 0.2) is 0 Å². The molecule has 1 atom stereocenters. The lowest BCUT2D eigenvalue weighted by Gasteiger charge is -2.09. The van der Waals surface area contributed by atoms with Gasteiger partial charge in [0.2, 0.25) is 5.91 Å². The van der Waals surface area contributed by atoms with Gasteiger partial charge in [-0.1, -0.05) is 6.92 Å². The first-order chi connectivity index (χ1) is 9.99. The fourth-order valence-corrected chi connectivity index (χ4v) is 1.77. The van der Waals surface area contributed by atoms with Crippen LogP contribution in [0, 0.1) is 5.92 Å². The van der Waals surface area contributed by atoms with E-state index in [4.69, 9.17) is 5.11 Å². The Bertz CT molecular complexity index is 369. The minimum absolute atomic E-state index is 0.0439. The first kappa shape index (κ1) is 17.3. The summed E-state index contributed by atoms with van der Waals surface area (Å²) < 4.78 is 0. The van der Waals surface area contributed by atoms with Crippen molar-refractivity contribution in [2.24, 2.45) is 5.92 Å². The predicted octanol–water partition coefficient (Wildman–Crippen LogP) is 0.845. The molecule has 0 aromatic heterocycles. The molecule has 0 heterocycles. The van der Waals surface area contributed by atoms with E-state index in [9.17, 15) is 14.4 Å². The number of amides is 3. The van der Waals surface area contributed by atoms with E-state index in [0.717, 1.165) is 12.8 Å². The smallest absolute Gasteiger partial charge is 0.314 e. The molecular formula is C14H25N3O4. The van der Waals surface area contributed by atoms with Gasteiger partial charge in [0.1, 0.15) is 0 Å². The average Bonchev–Trinajstić information content (AvgIpc) is 3.23. The highest BCUT2D eigenvalue weighted by molar-refractivity contribution is 5.77. The molecule has 1 fully saturated rings. The van der Waals surface area contributed by atoms with E-state index < -0.39 is 5.97 Å². The summed E-state index contributed by atoms with van der Waals surface area (Å²) in [4.78, 5) is 33.4. The molecule has 0 aromatic rings. The van der Waals surface area contributed by atoms with Crippen LogP contribution in [-0.4, -0.2) is 42.1 Å². The molecular weight excluding hydrogens is 274 g/mol. The molecule has 7 heteroatoms. The number of hydrogen-bond acceptors (Lipinski definition) is 3. The van der Waals surface area contributed by atoms with E-state index in [-0.39, 0.29) is 17.9 Å². The number of carbonyl (C=O) groups excluding carboxylic acids is 2. The van der Waals surface area contributed by atoms with Crippen LogP contribution >= 0.6 is 0 Å². The summed E-state index contributed by atoms with van der Waals surface area (Å²) in [7, 11) is 0. The number of hydrogen-bond donors (Lipinski definition) is 4. The highest BCUT2D eigenvalue weighted by Crippen LogP contribution is 2.18. The first-order valence-electron chi connectivity index (χ1n) is 7.53. The Morgan fingerprint density at radius 2 is 1.76 bits per heavy atom. The van der Waals surface area contributed by atoms with Crippen LogP contribution in [0.1, 0.15) is 45.4 Å². The minimum atomic E-state index is -0.816. The van der Waals surface area contributed by atoms with Crippen LogP contribution < -0.4 is 16.0 Å². The van der Waals surface area contributed by atoms with E-state index in [1.54, 1.807) is 6.92 Å². The van der Waals surface area contributed by atoms with Gasteiger partial charge < -0.3 is 21.1 Å². The van der Waals surface area contributed by atoms with Crippen molar-refractivity contribution in [1.29, 1.82) is 0 Å². The standard InChI is InChI=1S/C14H25N3O4/c1-10(13(19)20)4-2-8-15-14(21)16-9-3-5-12(18)17-11-6-7-11/h10-11H,2-9H2,1H3,(H,17,18)(H,19,20)(H2,15,16,21). The highest BCUT2D eigenvalue weighted by atomic mass is 16.4. The zero-order valence-electron chi connectivity index (χ0n) is 12.5. The van der Waals surface area contributed by atoms with Crippen molar-refractivity contribution in [3.8, 4) is 0 Å². The molecule has 0 spiro atoms. The lowest BCUT2D eigenvalue weighted by atomic mass is 10.1. The van der Waals surface area contributed by atoms with Crippen molar-refractivity contribution in [3.63, 3.8) is 0 Å². The molecule has 120 valence electrons. The second kappa shape index (κ2) is 9.20. The zero-order valence-corrected chi connectivity index (χ0v) is 12.5. The van der Waals surface area contributed by atoms with Gasteiger partial charge in [0.05, 0.1) is 5.92 Å². The van der Waals surface area contributed by atoms with Crippen molar-refractivity contribution in [3.05, 3.63) is 0 Å². The Labute approximate surface area is 124 Å². The Kier molecular flexibility index (Phi) is 7.56. The largest absolute Gasteiger partial charge is 0.481 e. The van der Waals surface area contributed by atoms with Gasteiger partial charge in [-0.25, -0.2) is 4.79 Å². The number of urea groups is 1. The van der Waals surface area contributed by atoms with E-state index in [1.807, 2.05) is 0 Å². The van der Waals surface area contributed by atoms with Gasteiger partial charge in [-0.15, -0.1) is 0 Å². The van der Waals surface area contributed by atoms with Gasteiger partial charge in [-0.3, -0.25) is 9.59 Å². The van der Waals surface area contributed by atoms with Gasteiger partial charge in [0.25, 0.3) is 0 Å². The third-order valence-corrected chi connectivity index (χ3v) is 3.33. The summed E-state index contributed by atoms with van der Waals surface area (Å²) in [5, 5.41) is 16.9. The summed E-state index contributed by atoms with van der Waals surface area (Å²) >= 11 is 0. The quantitative estimate of drug-likeness (QED) is 0.448. The molecule has 0 aromatic carbocycles. The molecule has 0 saturated heterocycles. The lowest BCUT2D eigenvalue weighted by molar-refractivity contribution is -0.141. The molecule has 7 nitrogen and oxygen atoms in total. The van der Waals surface area contributed by atoms with Gasteiger partial charge in [-0.05, 0) is 32.1 Å². The minimum Gasteiger partial charge on any atom is -0.481 e. The Morgan fingerprint density at radius 1 is 1.14 bits per heavy atom. The Balaban J connectivity index is 1.91. The predicted molar refractivity (Wildman–Crippen MR) is 77.8 cm³/mol. The summed E-state index contributed by atoms with van der Waals surface area (Å²) in [6, 6.07) is 0.0996. The summed E-state index contributed by atoms with van der Waals surface area (Å²) in [5.74, 6) is -1.16. The third-order valence-electron chi connectivity index (χ3n) is 3.33. The lowest BCUT2D eigenvalue weighted by Crippen LogP contribution is -2.37. The maximum Gasteiger partial charge on any atom is 0.314 e. The van der Waals surface area contributed by atoms with E-state index >= 15 is 0 Å². The first-order valence-corrected chi connectivity index (χ1v) is 7.53. The fourth-order valence-electron chi connectivity index (χ4n) is 1.77. The topological polar surface area (TPSA) is 108 Å². The Hall–Kier alpha value is -1.79. The number of rotatable bonds is 10. The maximum absolute atomic E-state index is 11.4. The molecule has 21 heavy (non-hydrogen) atoms. The van der Waals surface area contributed by atoms with E-state index in [0.29, 0.717) is 44.8 Å². The number of nitrogens with one attached hydrogen (secondary N) is 3. The average molecular weight is 299 g/mol. The monoisotopic (exact) mass is 299 g/mol. The SMILES string of the molecule is CC(CCCNC(=O)NCCCC(=O)NC1CC1)C(=O)O. The van der Waals surface area contributed by atoms with E-state index in [1.165, 1.54) is 0 Å². The Morgan fingerprint density at radius 3 is 2.33 bits per heavy atom. The van der Waals surface area contributed by atoms with Crippen LogP contribution in [0.4, 0.5) is 4.79 Å². The van der Waals surface area contributed by atoms with Crippen molar-refractivity contribution in [2.45, 2.75) is 51.5 Å². The van der Waals surface area contributed by atoms with Crippen LogP contribution in [0.15, 0.2) is 0 Å². The van der Waals surface area contributed by atoms with Crippen LogP contribution in [-0.2, 0) is 9.59 Å². The molecule has 1 aliphatic carbocycles. The normalized spacial score (nSPS) is 15.1. The molecule has 0 radical (unpaired) electrons. The third kappa shape index (κ3) is 8.88. The summed E-state index contributed by atoms with van der Waals surface area (Å²) in [6.07, 6.45) is 4.36. The van der Waals surface area contributed by atoms with Crippen LogP contribution in [0.5, 0.6) is 0 Å². The number of carboxylic acid groups (broad SMARTS) is 1. The summed E-state index contributed by atoms with van der Waals surface area (Å²) in [5.41, 5.74) is 0. The van der Waals surface area contributed by atoms with Crippen LogP contribution in [0.3, 0.4) is 0 Å². The number of carbonyl (C=O) groups is 3. The molecule has 1 rings (SSSR count). The van der Waals surface area contributed by atoms with E-state index in [2.05, 4.69) is 16.0 Å². The molecule has 4 N–H and O–H groups in total. The van der Waals surface area contributed by atoms with Gasteiger partial charge in [0, 0.05) is 25.6 Å².